The minimum Gasteiger partial charge on any atom is -0.478 e. The molecule has 0 atom stereocenters. The summed E-state index contributed by atoms with van der Waals surface area (Å²) < 4.78 is 5.47. The van der Waals surface area contributed by atoms with Crippen molar-refractivity contribution < 1.29 is 23.9 Å². The molecule has 3 rings (SSSR count). The number of benzene rings is 1. The van der Waals surface area contributed by atoms with Crippen molar-refractivity contribution in [2.45, 2.75) is 19.8 Å². The van der Waals surface area contributed by atoms with Crippen molar-refractivity contribution in [1.29, 1.82) is 0 Å². The topological polar surface area (TPSA) is 91.1 Å². The number of rotatable bonds is 4. The molecular formula is C20H22N2O5. The first-order valence-corrected chi connectivity index (χ1v) is 9.01. The molecule has 1 saturated heterocycles. The van der Waals surface area contributed by atoms with Crippen LogP contribution >= 0.6 is 0 Å². The normalized spacial score (nSPS) is 14.7. The van der Waals surface area contributed by atoms with E-state index in [4.69, 9.17) is 4.42 Å². The fourth-order valence-electron chi connectivity index (χ4n) is 3.22. The van der Waals surface area contributed by atoms with E-state index in [2.05, 4.69) is 0 Å². The van der Waals surface area contributed by atoms with Crippen molar-refractivity contribution in [1.82, 2.24) is 9.80 Å². The predicted octanol–water partition coefficient (Wildman–Crippen LogP) is 2.53. The lowest BCUT2D eigenvalue weighted by atomic mass is 10.2. The second kappa shape index (κ2) is 8.07. The Kier molecular flexibility index (Phi) is 5.59. The molecule has 142 valence electrons. The Balaban J connectivity index is 1.70. The van der Waals surface area contributed by atoms with E-state index in [1.807, 2.05) is 18.2 Å². The van der Waals surface area contributed by atoms with E-state index in [1.165, 1.54) is 6.07 Å². The van der Waals surface area contributed by atoms with Gasteiger partial charge in [0.25, 0.3) is 11.8 Å². The number of carbonyl (C=O) groups is 3. The number of aryl methyl sites for hydroxylation is 1. The first-order chi connectivity index (χ1) is 13.0. The number of aromatic carboxylic acids is 1. The van der Waals surface area contributed by atoms with Crippen LogP contribution in [0.15, 0.2) is 40.8 Å². The molecule has 0 radical (unpaired) electrons. The highest BCUT2D eigenvalue weighted by molar-refractivity contribution is 5.97. The van der Waals surface area contributed by atoms with Crippen molar-refractivity contribution in [2.75, 3.05) is 26.2 Å². The average molecular weight is 370 g/mol. The second-order valence-electron chi connectivity index (χ2n) is 6.41. The van der Waals surface area contributed by atoms with Crippen LogP contribution in [-0.2, 0) is 6.42 Å². The number of hydrogen-bond acceptors (Lipinski definition) is 4. The van der Waals surface area contributed by atoms with Gasteiger partial charge in [-0.15, -0.1) is 0 Å². The van der Waals surface area contributed by atoms with Crippen LogP contribution < -0.4 is 0 Å². The third-order valence-electron chi connectivity index (χ3n) is 4.66. The van der Waals surface area contributed by atoms with Gasteiger partial charge in [0.2, 0.25) is 0 Å². The van der Waals surface area contributed by atoms with Gasteiger partial charge in [0.05, 0.1) is 0 Å². The van der Waals surface area contributed by atoms with E-state index in [-0.39, 0.29) is 23.1 Å². The average Bonchev–Trinajstić information content (AvgIpc) is 2.98. The number of nitrogens with zero attached hydrogens (tertiary/aromatic N) is 2. The van der Waals surface area contributed by atoms with E-state index >= 15 is 0 Å². The molecule has 1 aromatic heterocycles. The number of carbonyl (C=O) groups excluding carboxylic acids is 2. The summed E-state index contributed by atoms with van der Waals surface area (Å²) in [6, 6.07) is 10.4. The first-order valence-electron chi connectivity index (χ1n) is 9.01. The predicted molar refractivity (Wildman–Crippen MR) is 97.9 cm³/mol. The lowest BCUT2D eigenvalue weighted by Crippen LogP contribution is -2.37. The fraction of sp³-hybridized carbons (Fsp3) is 0.350. The van der Waals surface area contributed by atoms with Crippen LogP contribution in [0, 0.1) is 0 Å². The van der Waals surface area contributed by atoms with Crippen LogP contribution in [0.5, 0.6) is 0 Å². The van der Waals surface area contributed by atoms with E-state index in [9.17, 15) is 19.5 Å². The summed E-state index contributed by atoms with van der Waals surface area (Å²) in [5, 5.41) is 9.22. The van der Waals surface area contributed by atoms with Crippen molar-refractivity contribution in [3.8, 4) is 0 Å². The van der Waals surface area contributed by atoms with Crippen LogP contribution in [0.2, 0.25) is 0 Å². The van der Waals surface area contributed by atoms with Gasteiger partial charge in [-0.25, -0.2) is 4.79 Å². The molecule has 1 aliphatic heterocycles. The maximum Gasteiger partial charge on any atom is 0.339 e. The van der Waals surface area contributed by atoms with Crippen LogP contribution in [0.1, 0.15) is 50.4 Å². The third-order valence-corrected chi connectivity index (χ3v) is 4.66. The highest BCUT2D eigenvalue weighted by atomic mass is 16.4. The summed E-state index contributed by atoms with van der Waals surface area (Å²) in [5.41, 5.74) is 0.651. The van der Waals surface area contributed by atoms with Gasteiger partial charge >= 0.3 is 5.97 Å². The molecule has 1 aromatic carbocycles. The molecule has 0 unspecified atom stereocenters. The summed E-state index contributed by atoms with van der Waals surface area (Å²) in [4.78, 5) is 40.0. The molecule has 2 amide bonds. The molecule has 2 aromatic rings. The lowest BCUT2D eigenvalue weighted by Gasteiger charge is -2.21. The Hall–Kier alpha value is -3.09. The number of carboxylic acid groups (broad SMARTS) is 1. The van der Waals surface area contributed by atoms with Crippen LogP contribution in [0.4, 0.5) is 0 Å². The quantitative estimate of drug-likeness (QED) is 0.893. The Morgan fingerprint density at radius 1 is 1.00 bits per heavy atom. The number of amides is 2. The SMILES string of the molecule is CCc1oc(C(=O)N2CCCN(C(=O)c3ccccc3)CC2)cc1C(=O)O. The second-order valence-corrected chi connectivity index (χ2v) is 6.41. The van der Waals surface area contributed by atoms with Crippen molar-refractivity contribution in [3.05, 3.63) is 59.0 Å². The molecule has 0 spiro atoms. The van der Waals surface area contributed by atoms with Crippen LogP contribution in [0.25, 0.3) is 0 Å². The van der Waals surface area contributed by atoms with Gasteiger partial charge < -0.3 is 19.3 Å². The first kappa shape index (κ1) is 18.7. The minimum absolute atomic E-state index is 0.0246. The monoisotopic (exact) mass is 370 g/mol. The summed E-state index contributed by atoms with van der Waals surface area (Å²) >= 11 is 0. The van der Waals surface area contributed by atoms with E-state index in [0.29, 0.717) is 50.3 Å². The van der Waals surface area contributed by atoms with Gasteiger partial charge in [-0.2, -0.15) is 0 Å². The zero-order valence-electron chi connectivity index (χ0n) is 15.2. The Labute approximate surface area is 157 Å². The summed E-state index contributed by atoms with van der Waals surface area (Å²) in [7, 11) is 0. The fourth-order valence-corrected chi connectivity index (χ4v) is 3.22. The molecule has 1 fully saturated rings. The molecule has 0 aliphatic carbocycles. The van der Waals surface area contributed by atoms with Gasteiger partial charge in [0.15, 0.2) is 5.76 Å². The zero-order chi connectivity index (χ0) is 19.4. The van der Waals surface area contributed by atoms with E-state index < -0.39 is 5.97 Å². The van der Waals surface area contributed by atoms with Gasteiger partial charge in [-0.3, -0.25) is 9.59 Å². The molecule has 0 saturated carbocycles. The Bertz CT molecular complexity index is 843. The Morgan fingerprint density at radius 3 is 2.19 bits per heavy atom. The molecule has 1 N–H and O–H groups in total. The maximum atomic E-state index is 12.7. The minimum atomic E-state index is -1.11. The molecule has 2 heterocycles. The van der Waals surface area contributed by atoms with Crippen LogP contribution in [-0.4, -0.2) is 58.9 Å². The van der Waals surface area contributed by atoms with Crippen LogP contribution in [0.3, 0.4) is 0 Å². The number of carboxylic acids is 1. The molecule has 1 aliphatic rings. The molecular weight excluding hydrogens is 348 g/mol. The van der Waals surface area contributed by atoms with Gasteiger partial charge in [-0.05, 0) is 18.6 Å². The molecule has 7 heteroatoms. The van der Waals surface area contributed by atoms with Gasteiger partial charge in [0, 0.05) is 44.2 Å². The van der Waals surface area contributed by atoms with Gasteiger partial charge in [-0.1, -0.05) is 25.1 Å². The molecule has 27 heavy (non-hydrogen) atoms. The van der Waals surface area contributed by atoms with Crippen molar-refractivity contribution in [2.24, 2.45) is 0 Å². The molecule has 7 nitrogen and oxygen atoms in total. The molecule has 0 bridgehead atoms. The number of furan rings is 1. The smallest absolute Gasteiger partial charge is 0.339 e. The summed E-state index contributed by atoms with van der Waals surface area (Å²) in [5.74, 6) is -1.17. The lowest BCUT2D eigenvalue weighted by molar-refractivity contribution is 0.0691. The van der Waals surface area contributed by atoms with Crippen molar-refractivity contribution >= 4 is 17.8 Å². The van der Waals surface area contributed by atoms with E-state index in [1.54, 1.807) is 28.9 Å². The summed E-state index contributed by atoms with van der Waals surface area (Å²) in [6.45, 7) is 3.63. The zero-order valence-corrected chi connectivity index (χ0v) is 15.2. The Morgan fingerprint density at radius 2 is 1.63 bits per heavy atom. The number of hydrogen-bond donors (Lipinski definition) is 1. The van der Waals surface area contributed by atoms with E-state index in [0.717, 1.165) is 0 Å². The standard InChI is InChI=1S/C20H22N2O5/c1-2-16-15(20(25)26)13-17(27-16)19(24)22-10-6-9-21(11-12-22)18(23)14-7-4-3-5-8-14/h3-5,7-8,13H,2,6,9-12H2,1H3,(H,25,26). The highest BCUT2D eigenvalue weighted by Crippen LogP contribution is 2.19. The van der Waals surface area contributed by atoms with Gasteiger partial charge in [0.1, 0.15) is 11.3 Å². The largest absolute Gasteiger partial charge is 0.478 e. The summed E-state index contributed by atoms with van der Waals surface area (Å²) in [6.07, 6.45) is 1.05. The highest BCUT2D eigenvalue weighted by Gasteiger charge is 2.27. The van der Waals surface area contributed by atoms with Crippen molar-refractivity contribution in [3.63, 3.8) is 0 Å². The maximum absolute atomic E-state index is 12.7. The third kappa shape index (κ3) is 4.02.